The molecule has 3 heteroatoms. The van der Waals surface area contributed by atoms with Crippen LogP contribution in [-0.4, -0.2) is 15.0 Å². The summed E-state index contributed by atoms with van der Waals surface area (Å²) in [5.74, 6) is 0.690. The summed E-state index contributed by atoms with van der Waals surface area (Å²) in [5, 5.41) is 12.3. The van der Waals surface area contributed by atoms with Gasteiger partial charge in [0.2, 0.25) is 0 Å². The minimum atomic E-state index is 0.690. The summed E-state index contributed by atoms with van der Waals surface area (Å²) in [4.78, 5) is 15.1. The summed E-state index contributed by atoms with van der Waals surface area (Å²) in [7, 11) is 0. The molecule has 2 heterocycles. The van der Waals surface area contributed by atoms with Crippen LogP contribution in [0.4, 0.5) is 0 Å². The summed E-state index contributed by atoms with van der Waals surface area (Å²) in [5.41, 5.74) is 9.20. The average molecular weight is 712 g/mol. The van der Waals surface area contributed by atoms with Crippen molar-refractivity contribution < 1.29 is 0 Å². The second-order valence-electron chi connectivity index (χ2n) is 14.4. The van der Waals surface area contributed by atoms with Gasteiger partial charge in [-0.25, -0.2) is 9.97 Å². The zero-order chi connectivity index (χ0) is 37.0. The molecule has 0 radical (unpaired) electrons. The van der Waals surface area contributed by atoms with Crippen molar-refractivity contribution >= 4 is 53.9 Å². The second kappa shape index (κ2) is 13.1. The van der Waals surface area contributed by atoms with Gasteiger partial charge in [0.15, 0.2) is 5.82 Å². The predicted octanol–water partition coefficient (Wildman–Crippen LogP) is 14.0. The fourth-order valence-corrected chi connectivity index (χ4v) is 8.51. The van der Waals surface area contributed by atoms with E-state index in [1.807, 2.05) is 36.7 Å². The lowest BCUT2D eigenvalue weighted by molar-refractivity contribution is 1.18. The smallest absolute Gasteiger partial charge is 0.160 e. The Bertz CT molecular complexity index is 3240. The van der Waals surface area contributed by atoms with Gasteiger partial charge >= 0.3 is 0 Å². The molecular weight excluding hydrogens is 679 g/mol. The molecule has 56 heavy (non-hydrogen) atoms. The minimum absolute atomic E-state index is 0.690. The van der Waals surface area contributed by atoms with E-state index in [2.05, 4.69) is 164 Å². The average Bonchev–Trinajstić information content (AvgIpc) is 3.28. The van der Waals surface area contributed by atoms with Crippen LogP contribution in [-0.2, 0) is 0 Å². The summed E-state index contributed by atoms with van der Waals surface area (Å²) in [6, 6.07) is 67.1. The lowest BCUT2D eigenvalue weighted by Gasteiger charge is -2.18. The van der Waals surface area contributed by atoms with Crippen molar-refractivity contribution in [3.8, 4) is 56.2 Å². The van der Waals surface area contributed by atoms with E-state index in [0.29, 0.717) is 5.82 Å². The molecule has 0 aliphatic carbocycles. The third-order valence-electron chi connectivity index (χ3n) is 11.1. The summed E-state index contributed by atoms with van der Waals surface area (Å²) in [6.07, 6.45) is 3.94. The summed E-state index contributed by atoms with van der Waals surface area (Å²) < 4.78 is 0. The molecule has 0 N–H and O–H groups in total. The predicted molar refractivity (Wildman–Crippen MR) is 235 cm³/mol. The van der Waals surface area contributed by atoms with Crippen LogP contribution < -0.4 is 0 Å². The van der Waals surface area contributed by atoms with Gasteiger partial charge in [-0.05, 0) is 95.5 Å². The zero-order valence-corrected chi connectivity index (χ0v) is 30.4. The number of pyridine rings is 1. The van der Waals surface area contributed by atoms with Gasteiger partial charge in [0.25, 0.3) is 0 Å². The lowest BCUT2D eigenvalue weighted by Crippen LogP contribution is -1.97. The Morgan fingerprint density at radius 3 is 1.46 bits per heavy atom. The highest BCUT2D eigenvalue weighted by Crippen LogP contribution is 2.44. The maximum Gasteiger partial charge on any atom is 0.160 e. The summed E-state index contributed by atoms with van der Waals surface area (Å²) >= 11 is 0. The Labute approximate surface area is 324 Å². The first-order chi connectivity index (χ1) is 27.8. The fraction of sp³-hybridized carbons (Fsp3) is 0. The van der Waals surface area contributed by atoms with Gasteiger partial charge in [-0.1, -0.05) is 158 Å². The lowest BCUT2D eigenvalue weighted by atomic mass is 9.86. The van der Waals surface area contributed by atoms with E-state index >= 15 is 0 Å². The van der Waals surface area contributed by atoms with Crippen molar-refractivity contribution in [2.75, 3.05) is 0 Å². The van der Waals surface area contributed by atoms with E-state index in [9.17, 15) is 0 Å². The third kappa shape index (κ3) is 5.32. The Hall–Kier alpha value is -7.49. The highest BCUT2D eigenvalue weighted by molar-refractivity contribution is 6.33. The van der Waals surface area contributed by atoms with Crippen LogP contribution in [0.25, 0.3) is 110 Å². The van der Waals surface area contributed by atoms with Gasteiger partial charge in [0.1, 0.15) is 0 Å². The molecule has 3 nitrogen and oxygen atoms in total. The maximum absolute atomic E-state index is 5.29. The van der Waals surface area contributed by atoms with Crippen LogP contribution in [0, 0.1) is 0 Å². The second-order valence-corrected chi connectivity index (χ2v) is 14.4. The number of hydrogen-bond acceptors (Lipinski definition) is 3. The molecule has 2 aromatic heterocycles. The van der Waals surface area contributed by atoms with Crippen molar-refractivity contribution in [1.29, 1.82) is 0 Å². The molecular formula is C53H33N3. The van der Waals surface area contributed by atoms with Crippen LogP contribution in [0.5, 0.6) is 0 Å². The highest BCUT2D eigenvalue weighted by Gasteiger charge is 2.18. The normalized spacial score (nSPS) is 11.6. The van der Waals surface area contributed by atoms with E-state index in [-0.39, 0.29) is 0 Å². The maximum atomic E-state index is 5.29. The molecule has 0 unspecified atom stereocenters. The third-order valence-corrected chi connectivity index (χ3v) is 11.1. The van der Waals surface area contributed by atoms with Gasteiger partial charge in [-0.3, -0.25) is 4.98 Å². The van der Waals surface area contributed by atoms with E-state index in [0.717, 1.165) is 55.5 Å². The first-order valence-corrected chi connectivity index (χ1v) is 19.0. The van der Waals surface area contributed by atoms with E-state index in [4.69, 9.17) is 15.0 Å². The Morgan fingerprint density at radius 1 is 0.286 bits per heavy atom. The van der Waals surface area contributed by atoms with Crippen LogP contribution in [0.2, 0.25) is 0 Å². The Morgan fingerprint density at radius 2 is 0.768 bits per heavy atom. The number of nitrogens with zero attached hydrogens (tertiary/aromatic N) is 3. The number of rotatable bonds is 5. The quantitative estimate of drug-likeness (QED) is 0.167. The molecule has 260 valence electrons. The van der Waals surface area contributed by atoms with Gasteiger partial charge in [-0.15, -0.1) is 0 Å². The molecule has 11 aromatic rings. The number of hydrogen-bond donors (Lipinski definition) is 0. The Kier molecular flexibility index (Phi) is 7.49. The molecule has 0 saturated carbocycles. The van der Waals surface area contributed by atoms with Gasteiger partial charge in [0.05, 0.1) is 11.4 Å². The largest absolute Gasteiger partial charge is 0.263 e. The molecule has 0 atom stereocenters. The molecule has 0 aliphatic rings. The van der Waals surface area contributed by atoms with Crippen molar-refractivity contribution in [3.05, 3.63) is 200 Å². The topological polar surface area (TPSA) is 38.7 Å². The molecule has 0 spiro atoms. The number of benzene rings is 9. The number of aromatic nitrogens is 3. The van der Waals surface area contributed by atoms with Crippen LogP contribution in [0.1, 0.15) is 0 Å². The first-order valence-electron chi connectivity index (χ1n) is 19.0. The molecule has 0 amide bonds. The van der Waals surface area contributed by atoms with E-state index in [1.165, 1.54) is 48.7 Å². The van der Waals surface area contributed by atoms with Crippen LogP contribution in [0.3, 0.4) is 0 Å². The fourth-order valence-electron chi connectivity index (χ4n) is 8.51. The van der Waals surface area contributed by atoms with Crippen molar-refractivity contribution in [1.82, 2.24) is 15.0 Å². The van der Waals surface area contributed by atoms with Crippen molar-refractivity contribution in [2.24, 2.45) is 0 Å². The standard InChI is InChI=1S/C53H33N3/c1-3-15-34(16-4-1)50-31-51(56-53(55-50)35-17-5-2-6-18-35)39-28-37(27-38(29-39)49-33-54-32-36-19-7-8-20-40(36)49)47-30-48-43-23-10-9-21-41(43)42-22-11-13-25-45(42)52(48)46-26-14-12-24-44(46)47/h1-33H. The molecule has 0 saturated heterocycles. The molecule has 0 bridgehead atoms. The van der Waals surface area contributed by atoms with Crippen LogP contribution in [0.15, 0.2) is 200 Å². The zero-order valence-electron chi connectivity index (χ0n) is 30.4. The first kappa shape index (κ1) is 32.0. The monoisotopic (exact) mass is 711 g/mol. The van der Waals surface area contributed by atoms with Gasteiger partial charge < -0.3 is 0 Å². The van der Waals surface area contributed by atoms with E-state index < -0.39 is 0 Å². The summed E-state index contributed by atoms with van der Waals surface area (Å²) in [6.45, 7) is 0. The van der Waals surface area contributed by atoms with Crippen molar-refractivity contribution in [3.63, 3.8) is 0 Å². The number of fused-ring (bicyclic) bond motifs is 9. The van der Waals surface area contributed by atoms with Gasteiger partial charge in [0, 0.05) is 40.0 Å². The van der Waals surface area contributed by atoms with Crippen LogP contribution >= 0.6 is 0 Å². The highest BCUT2D eigenvalue weighted by atomic mass is 14.9. The molecule has 0 fully saturated rings. The Balaban J connectivity index is 1.24. The molecule has 0 aliphatic heterocycles. The minimum Gasteiger partial charge on any atom is -0.263 e. The molecule has 9 aromatic carbocycles. The van der Waals surface area contributed by atoms with Crippen molar-refractivity contribution in [2.45, 2.75) is 0 Å². The SMILES string of the molecule is c1ccc(-c2cc(-c3cc(-c4cncc5ccccc45)cc(-c4cc5c6ccccc6c6ccccc6c5c5ccccc45)c3)nc(-c3ccccc3)n2)cc1. The molecule has 11 rings (SSSR count). The van der Waals surface area contributed by atoms with E-state index in [1.54, 1.807) is 0 Å². The van der Waals surface area contributed by atoms with Gasteiger partial charge in [-0.2, -0.15) is 0 Å².